The fourth-order valence-electron chi connectivity index (χ4n) is 2.84. The Kier molecular flexibility index (Phi) is 2.56. The molecule has 1 atom stereocenters. The minimum absolute atomic E-state index is 0.287. The molecular formula is C17H15N3. The molecule has 0 saturated carbocycles. The number of aromatic nitrogens is 2. The lowest BCUT2D eigenvalue weighted by Gasteiger charge is -2.14. The number of nitrogens with zero attached hydrogens (tertiary/aromatic N) is 2. The summed E-state index contributed by atoms with van der Waals surface area (Å²) in [6.07, 6.45) is 2.88. The molecule has 20 heavy (non-hydrogen) atoms. The minimum Gasteiger partial charge on any atom is -0.376 e. The summed E-state index contributed by atoms with van der Waals surface area (Å²) in [6.45, 7) is 0. The van der Waals surface area contributed by atoms with Crippen LogP contribution < -0.4 is 5.32 Å². The van der Waals surface area contributed by atoms with Crippen LogP contribution in [-0.4, -0.2) is 9.78 Å². The van der Waals surface area contributed by atoms with E-state index in [2.05, 4.69) is 52.9 Å². The molecule has 98 valence electrons. The van der Waals surface area contributed by atoms with E-state index in [-0.39, 0.29) is 6.04 Å². The maximum Gasteiger partial charge on any atom is 0.0727 e. The third-order valence-electron chi connectivity index (χ3n) is 3.80. The van der Waals surface area contributed by atoms with Crippen molar-refractivity contribution in [2.75, 3.05) is 5.32 Å². The molecule has 3 nitrogen and oxygen atoms in total. The number of benzene rings is 2. The van der Waals surface area contributed by atoms with Crippen molar-refractivity contribution >= 4 is 5.69 Å². The van der Waals surface area contributed by atoms with Crippen molar-refractivity contribution in [1.29, 1.82) is 0 Å². The van der Waals surface area contributed by atoms with Crippen LogP contribution in [-0.2, 0) is 6.42 Å². The SMILES string of the molecule is c1ccc(-n2nccc2C2Cc3ccccc3N2)cc1. The van der Waals surface area contributed by atoms with Gasteiger partial charge in [-0.2, -0.15) is 5.10 Å². The maximum absolute atomic E-state index is 4.47. The molecule has 1 aliphatic rings. The molecule has 0 saturated heterocycles. The lowest BCUT2D eigenvalue weighted by molar-refractivity contribution is 0.717. The van der Waals surface area contributed by atoms with Gasteiger partial charge in [0.2, 0.25) is 0 Å². The Labute approximate surface area is 117 Å². The third-order valence-corrected chi connectivity index (χ3v) is 3.80. The first-order chi connectivity index (χ1) is 9.92. The molecule has 1 aromatic heterocycles. The highest BCUT2D eigenvalue weighted by Crippen LogP contribution is 2.34. The van der Waals surface area contributed by atoms with E-state index in [4.69, 9.17) is 0 Å². The van der Waals surface area contributed by atoms with Crippen LogP contribution in [0.1, 0.15) is 17.3 Å². The van der Waals surface area contributed by atoms with Crippen molar-refractivity contribution in [3.8, 4) is 5.69 Å². The van der Waals surface area contributed by atoms with E-state index in [1.54, 1.807) is 0 Å². The molecular weight excluding hydrogens is 246 g/mol. The van der Waals surface area contributed by atoms with Crippen LogP contribution in [0.25, 0.3) is 5.69 Å². The third kappa shape index (κ3) is 1.79. The Hall–Kier alpha value is -2.55. The Morgan fingerprint density at radius 2 is 1.75 bits per heavy atom. The molecule has 1 aliphatic heterocycles. The van der Waals surface area contributed by atoms with Gasteiger partial charge in [0.15, 0.2) is 0 Å². The molecule has 0 radical (unpaired) electrons. The molecule has 0 fully saturated rings. The Morgan fingerprint density at radius 3 is 2.60 bits per heavy atom. The molecule has 0 bridgehead atoms. The second-order valence-electron chi connectivity index (χ2n) is 5.06. The Morgan fingerprint density at radius 1 is 0.950 bits per heavy atom. The summed E-state index contributed by atoms with van der Waals surface area (Å²) in [6, 6.07) is 21.1. The predicted molar refractivity (Wildman–Crippen MR) is 80.1 cm³/mol. The van der Waals surface area contributed by atoms with Gasteiger partial charge in [0.25, 0.3) is 0 Å². The lowest BCUT2D eigenvalue weighted by atomic mass is 10.1. The van der Waals surface area contributed by atoms with Gasteiger partial charge in [-0.1, -0.05) is 36.4 Å². The van der Waals surface area contributed by atoms with Crippen LogP contribution in [0.15, 0.2) is 66.9 Å². The van der Waals surface area contributed by atoms with Crippen LogP contribution in [0.4, 0.5) is 5.69 Å². The zero-order valence-electron chi connectivity index (χ0n) is 11.0. The topological polar surface area (TPSA) is 29.9 Å². The van der Waals surface area contributed by atoms with Crippen LogP contribution in [0.5, 0.6) is 0 Å². The van der Waals surface area contributed by atoms with Gasteiger partial charge in [-0.05, 0) is 29.8 Å². The van der Waals surface area contributed by atoms with Gasteiger partial charge >= 0.3 is 0 Å². The molecule has 4 rings (SSSR count). The smallest absolute Gasteiger partial charge is 0.0727 e. The fraction of sp³-hybridized carbons (Fsp3) is 0.118. The monoisotopic (exact) mass is 261 g/mol. The van der Waals surface area contributed by atoms with E-state index in [1.807, 2.05) is 29.1 Å². The lowest BCUT2D eigenvalue weighted by Crippen LogP contribution is -2.12. The molecule has 1 N–H and O–H groups in total. The highest BCUT2D eigenvalue weighted by molar-refractivity contribution is 5.57. The van der Waals surface area contributed by atoms with Gasteiger partial charge in [0.05, 0.1) is 17.4 Å². The number of anilines is 1. The number of hydrogen-bond acceptors (Lipinski definition) is 2. The first-order valence-electron chi connectivity index (χ1n) is 6.85. The van der Waals surface area contributed by atoms with Gasteiger partial charge in [0.1, 0.15) is 0 Å². The highest BCUT2D eigenvalue weighted by atomic mass is 15.3. The first kappa shape index (κ1) is 11.3. The summed E-state index contributed by atoms with van der Waals surface area (Å²) in [4.78, 5) is 0. The van der Waals surface area contributed by atoms with E-state index >= 15 is 0 Å². The second-order valence-corrected chi connectivity index (χ2v) is 5.06. The number of rotatable bonds is 2. The minimum atomic E-state index is 0.287. The van der Waals surface area contributed by atoms with E-state index in [1.165, 1.54) is 16.9 Å². The molecule has 2 aromatic carbocycles. The predicted octanol–water partition coefficient (Wildman–Crippen LogP) is 3.58. The number of fused-ring (bicyclic) bond motifs is 1. The summed E-state index contributed by atoms with van der Waals surface area (Å²) >= 11 is 0. The molecule has 3 aromatic rings. The second kappa shape index (κ2) is 4.53. The molecule has 3 heteroatoms. The fourth-order valence-corrected chi connectivity index (χ4v) is 2.84. The zero-order valence-corrected chi connectivity index (χ0v) is 11.0. The van der Waals surface area contributed by atoms with Crippen molar-refractivity contribution in [3.05, 3.63) is 78.1 Å². The van der Waals surface area contributed by atoms with E-state index in [0.717, 1.165) is 12.1 Å². The number of hydrogen-bond donors (Lipinski definition) is 1. The summed E-state index contributed by atoms with van der Waals surface area (Å²) in [5.74, 6) is 0. The van der Waals surface area contributed by atoms with Gasteiger partial charge in [-0.3, -0.25) is 0 Å². The quantitative estimate of drug-likeness (QED) is 0.764. The number of para-hydroxylation sites is 2. The largest absolute Gasteiger partial charge is 0.376 e. The van der Waals surface area contributed by atoms with Gasteiger partial charge in [0, 0.05) is 18.3 Å². The van der Waals surface area contributed by atoms with E-state index < -0.39 is 0 Å². The molecule has 1 unspecified atom stereocenters. The normalized spacial score (nSPS) is 16.7. The van der Waals surface area contributed by atoms with Crippen molar-refractivity contribution < 1.29 is 0 Å². The highest BCUT2D eigenvalue weighted by Gasteiger charge is 2.24. The van der Waals surface area contributed by atoms with Gasteiger partial charge < -0.3 is 5.32 Å². The van der Waals surface area contributed by atoms with Gasteiger partial charge in [-0.25, -0.2) is 4.68 Å². The maximum atomic E-state index is 4.47. The molecule has 0 aliphatic carbocycles. The van der Waals surface area contributed by atoms with Crippen LogP contribution >= 0.6 is 0 Å². The summed E-state index contributed by atoms with van der Waals surface area (Å²) in [7, 11) is 0. The van der Waals surface area contributed by atoms with Crippen molar-refractivity contribution in [2.45, 2.75) is 12.5 Å². The van der Waals surface area contributed by atoms with Crippen LogP contribution in [0.2, 0.25) is 0 Å². The Bertz CT molecular complexity index is 706. The van der Waals surface area contributed by atoms with Gasteiger partial charge in [-0.15, -0.1) is 0 Å². The van der Waals surface area contributed by atoms with Crippen molar-refractivity contribution in [2.24, 2.45) is 0 Å². The van der Waals surface area contributed by atoms with E-state index in [0.29, 0.717) is 0 Å². The average molecular weight is 261 g/mol. The van der Waals surface area contributed by atoms with Crippen LogP contribution in [0.3, 0.4) is 0 Å². The van der Waals surface area contributed by atoms with E-state index in [9.17, 15) is 0 Å². The molecule has 0 amide bonds. The van der Waals surface area contributed by atoms with Crippen molar-refractivity contribution in [3.63, 3.8) is 0 Å². The molecule has 2 heterocycles. The standard InChI is InChI=1S/C17H15N3/c1-2-7-14(8-3-1)20-17(10-11-18-20)16-12-13-6-4-5-9-15(13)19-16/h1-11,16,19H,12H2. The number of nitrogens with one attached hydrogen (secondary N) is 1. The Balaban J connectivity index is 1.71. The summed E-state index contributed by atoms with van der Waals surface area (Å²) < 4.78 is 2.02. The summed E-state index contributed by atoms with van der Waals surface area (Å²) in [5, 5.41) is 8.06. The zero-order chi connectivity index (χ0) is 13.4. The van der Waals surface area contributed by atoms with Crippen molar-refractivity contribution in [1.82, 2.24) is 9.78 Å². The van der Waals surface area contributed by atoms with Crippen LogP contribution in [0, 0.1) is 0 Å². The first-order valence-corrected chi connectivity index (χ1v) is 6.85. The molecule has 0 spiro atoms. The summed E-state index contributed by atoms with van der Waals surface area (Å²) in [5.41, 5.74) is 4.91. The average Bonchev–Trinajstić information content (AvgIpc) is 3.14.